The first kappa shape index (κ1) is 29.2. The molecule has 0 saturated carbocycles. The second-order valence-corrected chi connectivity index (χ2v) is 10.8. The molecule has 2 heterocycles. The lowest BCUT2D eigenvalue weighted by molar-refractivity contribution is 0.282. The lowest BCUT2D eigenvalue weighted by atomic mass is 10.1. The van der Waals surface area contributed by atoms with Gasteiger partial charge in [0.15, 0.2) is 0 Å². The van der Waals surface area contributed by atoms with Gasteiger partial charge in [-0.15, -0.1) is 0 Å². The minimum atomic E-state index is 0.649. The molecule has 0 saturated heterocycles. The first-order chi connectivity index (χ1) is 20.3. The number of benzene rings is 3. The Morgan fingerprint density at radius 1 is 0.619 bits per heavy atom. The number of H-pyrrole nitrogens is 2. The predicted octanol–water partition coefficient (Wildman–Crippen LogP) is 5.45. The van der Waals surface area contributed by atoms with Crippen molar-refractivity contribution in [1.82, 2.24) is 29.7 Å². The normalized spacial score (nSPS) is 11.6. The van der Waals surface area contributed by atoms with Gasteiger partial charge >= 0.3 is 0 Å². The summed E-state index contributed by atoms with van der Waals surface area (Å²) in [5.41, 5.74) is 5.02. The van der Waals surface area contributed by atoms with Gasteiger partial charge in [0.2, 0.25) is 0 Å². The Morgan fingerprint density at radius 3 is 1.43 bits per heavy atom. The fourth-order valence-corrected chi connectivity index (χ4v) is 4.82. The summed E-state index contributed by atoms with van der Waals surface area (Å²) in [6.45, 7) is 3.28. The molecule has 0 amide bonds. The molecule has 0 spiro atoms. The number of fused-ring (bicyclic) bond motifs is 2. The van der Waals surface area contributed by atoms with Crippen LogP contribution in [0.2, 0.25) is 0 Å². The van der Waals surface area contributed by atoms with Crippen LogP contribution in [0, 0.1) is 0 Å². The molecule has 5 rings (SSSR count). The average Bonchev–Trinajstić information content (AvgIpc) is 3.60. The first-order valence-corrected chi connectivity index (χ1v) is 14.2. The predicted molar refractivity (Wildman–Crippen MR) is 167 cm³/mol. The lowest BCUT2D eigenvalue weighted by Gasteiger charge is -2.12. The molecule has 0 fully saturated rings. The quantitative estimate of drug-likeness (QED) is 0.170. The highest BCUT2D eigenvalue weighted by molar-refractivity contribution is 5.86. The van der Waals surface area contributed by atoms with E-state index in [1.165, 1.54) is 0 Å². The van der Waals surface area contributed by atoms with Crippen LogP contribution in [-0.4, -0.2) is 98.4 Å². The third-order valence-corrected chi connectivity index (χ3v) is 6.98. The van der Waals surface area contributed by atoms with E-state index in [1.807, 2.05) is 48.5 Å². The van der Waals surface area contributed by atoms with Crippen molar-refractivity contribution in [2.24, 2.45) is 0 Å². The molecule has 0 aliphatic rings. The molecule has 0 bridgehead atoms. The van der Waals surface area contributed by atoms with Gasteiger partial charge in [-0.05, 0) is 77.4 Å². The summed E-state index contributed by atoms with van der Waals surface area (Å²) in [7, 11) is 11.5. The molecule has 10 heteroatoms. The Morgan fingerprint density at radius 2 is 1.05 bits per heavy atom. The first-order valence-electron chi connectivity index (χ1n) is 14.2. The molecule has 222 valence electrons. The van der Waals surface area contributed by atoms with Crippen molar-refractivity contribution >= 4 is 22.1 Å². The van der Waals surface area contributed by atoms with Crippen LogP contribution in [0.5, 0.6) is 23.0 Å². The van der Waals surface area contributed by atoms with Gasteiger partial charge in [0.05, 0.1) is 60.6 Å². The molecular weight excluding hydrogens is 532 g/mol. The molecule has 0 atom stereocenters. The van der Waals surface area contributed by atoms with E-state index in [-0.39, 0.29) is 0 Å². The minimum absolute atomic E-state index is 0.649. The Labute approximate surface area is 246 Å². The van der Waals surface area contributed by atoms with Gasteiger partial charge in [0.1, 0.15) is 34.6 Å². The van der Waals surface area contributed by atoms with Crippen molar-refractivity contribution in [2.45, 2.75) is 12.8 Å². The van der Waals surface area contributed by atoms with Crippen molar-refractivity contribution < 1.29 is 18.9 Å². The smallest absolute Gasteiger partial charge is 0.142 e. The number of hydrogen-bond acceptors (Lipinski definition) is 8. The average molecular weight is 573 g/mol. The van der Waals surface area contributed by atoms with Gasteiger partial charge in [-0.25, -0.2) is 9.97 Å². The van der Waals surface area contributed by atoms with E-state index in [2.05, 4.69) is 48.0 Å². The molecule has 0 aliphatic heterocycles. The molecule has 3 aromatic carbocycles. The molecule has 42 heavy (non-hydrogen) atoms. The van der Waals surface area contributed by atoms with Crippen LogP contribution in [0.15, 0.2) is 48.5 Å². The van der Waals surface area contributed by atoms with Crippen molar-refractivity contribution in [3.63, 3.8) is 0 Å². The number of imidazole rings is 2. The van der Waals surface area contributed by atoms with E-state index >= 15 is 0 Å². The van der Waals surface area contributed by atoms with Crippen LogP contribution in [0.3, 0.4) is 0 Å². The maximum Gasteiger partial charge on any atom is 0.142 e. The number of nitrogens with one attached hydrogen (secondary N) is 2. The Kier molecular flexibility index (Phi) is 9.14. The molecule has 5 aromatic rings. The van der Waals surface area contributed by atoms with Gasteiger partial charge in [-0.3, -0.25) is 0 Å². The Balaban J connectivity index is 1.39. The van der Waals surface area contributed by atoms with Crippen molar-refractivity contribution in [3.05, 3.63) is 48.5 Å². The van der Waals surface area contributed by atoms with Gasteiger partial charge in [-0.1, -0.05) is 0 Å². The van der Waals surface area contributed by atoms with E-state index in [0.717, 1.165) is 70.6 Å². The highest BCUT2D eigenvalue weighted by Gasteiger charge is 2.19. The Hall–Kier alpha value is -4.28. The van der Waals surface area contributed by atoms with Crippen LogP contribution in [0.25, 0.3) is 44.8 Å². The highest BCUT2D eigenvalue weighted by Crippen LogP contribution is 2.40. The van der Waals surface area contributed by atoms with E-state index in [4.69, 9.17) is 28.9 Å². The third kappa shape index (κ3) is 6.78. The maximum absolute atomic E-state index is 5.95. The third-order valence-electron chi connectivity index (χ3n) is 6.98. The summed E-state index contributed by atoms with van der Waals surface area (Å²) >= 11 is 0. The topological polar surface area (TPSA) is 101 Å². The van der Waals surface area contributed by atoms with Gasteiger partial charge < -0.3 is 38.7 Å². The number of methoxy groups -OCH3 is 2. The van der Waals surface area contributed by atoms with Crippen molar-refractivity contribution in [3.8, 4) is 45.8 Å². The monoisotopic (exact) mass is 572 g/mol. The fourth-order valence-electron chi connectivity index (χ4n) is 4.82. The number of aromatic amines is 2. The largest absolute Gasteiger partial charge is 0.496 e. The number of hydrogen-bond donors (Lipinski definition) is 2. The molecule has 2 aromatic heterocycles. The van der Waals surface area contributed by atoms with Crippen molar-refractivity contribution in [1.29, 1.82) is 0 Å². The van der Waals surface area contributed by atoms with Crippen LogP contribution in [-0.2, 0) is 0 Å². The Bertz CT molecular complexity index is 1520. The number of aromatic nitrogens is 4. The molecule has 10 nitrogen and oxygen atoms in total. The second kappa shape index (κ2) is 13.1. The molecular formula is C32H40N6O4. The molecule has 0 aliphatic carbocycles. The summed E-state index contributed by atoms with van der Waals surface area (Å²) < 4.78 is 23.5. The molecule has 0 unspecified atom stereocenters. The van der Waals surface area contributed by atoms with Gasteiger partial charge in [0, 0.05) is 25.2 Å². The molecule has 0 radical (unpaired) electrons. The van der Waals surface area contributed by atoms with Gasteiger partial charge in [-0.2, -0.15) is 0 Å². The van der Waals surface area contributed by atoms with E-state index < -0.39 is 0 Å². The van der Waals surface area contributed by atoms with E-state index in [1.54, 1.807) is 14.2 Å². The SMILES string of the molecule is COc1cc(-c2nc3ccc(OCCCN(C)C)cc3[nH]2)c(OC)cc1-c1nc2ccc(OCCCN(C)C)cc2[nH]1. The van der Waals surface area contributed by atoms with Crippen LogP contribution >= 0.6 is 0 Å². The standard InChI is InChI=1S/C32H40N6O4/c1-37(2)13-7-15-41-21-9-11-25-27(17-21)35-31(33-25)23-19-30(40-6)24(20-29(23)39-5)32-34-26-12-10-22(18-28(26)36-32)42-16-8-14-38(3)4/h9-12,17-20H,7-8,13-16H2,1-6H3,(H,33,35)(H,34,36). The van der Waals surface area contributed by atoms with E-state index in [0.29, 0.717) is 36.4 Å². The summed E-state index contributed by atoms with van der Waals surface area (Å²) in [6, 6.07) is 15.6. The zero-order chi connectivity index (χ0) is 29.6. The zero-order valence-electron chi connectivity index (χ0n) is 25.3. The molecule has 2 N–H and O–H groups in total. The van der Waals surface area contributed by atoms with Crippen LogP contribution in [0.1, 0.15) is 12.8 Å². The maximum atomic E-state index is 5.95. The minimum Gasteiger partial charge on any atom is -0.496 e. The zero-order valence-corrected chi connectivity index (χ0v) is 25.3. The highest BCUT2D eigenvalue weighted by atomic mass is 16.5. The van der Waals surface area contributed by atoms with E-state index in [9.17, 15) is 0 Å². The van der Waals surface area contributed by atoms with Crippen LogP contribution < -0.4 is 18.9 Å². The summed E-state index contributed by atoms with van der Waals surface area (Å²) in [6.07, 6.45) is 1.92. The number of ether oxygens (including phenoxy) is 4. The van der Waals surface area contributed by atoms with Crippen molar-refractivity contribution in [2.75, 3.05) is 68.7 Å². The lowest BCUT2D eigenvalue weighted by Crippen LogP contribution is -2.15. The summed E-state index contributed by atoms with van der Waals surface area (Å²) in [5.74, 6) is 4.27. The summed E-state index contributed by atoms with van der Waals surface area (Å²) in [4.78, 5) is 20.8. The van der Waals surface area contributed by atoms with Gasteiger partial charge in [0.25, 0.3) is 0 Å². The fraction of sp³-hybridized carbons (Fsp3) is 0.375. The number of rotatable bonds is 14. The summed E-state index contributed by atoms with van der Waals surface area (Å²) in [5, 5.41) is 0. The number of nitrogens with zero attached hydrogens (tertiary/aromatic N) is 4. The van der Waals surface area contributed by atoms with Crippen LogP contribution in [0.4, 0.5) is 0 Å². The second-order valence-electron chi connectivity index (χ2n) is 10.8.